The summed E-state index contributed by atoms with van der Waals surface area (Å²) in [6.45, 7) is 11.6. The lowest BCUT2D eigenvalue weighted by atomic mass is 9.95. The van der Waals surface area contributed by atoms with Gasteiger partial charge in [-0.15, -0.1) is 0 Å². The van der Waals surface area contributed by atoms with Crippen molar-refractivity contribution in [2.45, 2.75) is 51.7 Å². The van der Waals surface area contributed by atoms with Crippen LogP contribution in [0, 0.1) is 5.41 Å². The molecule has 1 fully saturated rings. The van der Waals surface area contributed by atoms with Gasteiger partial charge in [0.2, 0.25) is 0 Å². The molecule has 0 saturated carbocycles. The maximum atomic E-state index is 12.5. The minimum atomic E-state index is -2.81. The summed E-state index contributed by atoms with van der Waals surface area (Å²) in [5.74, 6) is 1.22. The summed E-state index contributed by atoms with van der Waals surface area (Å²) in [5, 5.41) is 7.22. The van der Waals surface area contributed by atoms with Gasteiger partial charge in [0.25, 0.3) is 6.43 Å². The van der Waals surface area contributed by atoms with E-state index in [-0.39, 0.29) is 11.6 Å². The van der Waals surface area contributed by atoms with Gasteiger partial charge in [-0.25, -0.2) is 23.7 Å². The van der Waals surface area contributed by atoms with Crippen molar-refractivity contribution in [3.8, 4) is 11.4 Å². The molecule has 1 aliphatic heterocycles. The van der Waals surface area contributed by atoms with Gasteiger partial charge in [0.15, 0.2) is 0 Å². The minimum absolute atomic E-state index is 0.0580. The molecular formula is C22H32F2N8S. The normalized spacial score (nSPS) is 20.2. The highest BCUT2D eigenvalue weighted by Crippen LogP contribution is 2.29. The Morgan fingerprint density at radius 1 is 1.33 bits per heavy atom. The number of aromatic amines is 1. The first-order chi connectivity index (χ1) is 15.6. The summed E-state index contributed by atoms with van der Waals surface area (Å²) in [6.07, 6.45) is 4.76. The molecule has 8 nitrogen and oxygen atoms in total. The molecule has 33 heavy (non-hydrogen) atoms. The Morgan fingerprint density at radius 3 is 2.76 bits per heavy atom. The van der Waals surface area contributed by atoms with Crippen LogP contribution in [0.2, 0.25) is 0 Å². The molecule has 1 aliphatic rings. The van der Waals surface area contributed by atoms with Gasteiger partial charge in [-0.05, 0) is 46.1 Å². The molecule has 180 valence electrons. The summed E-state index contributed by atoms with van der Waals surface area (Å²) < 4.78 is 28.4. The molecule has 2 aromatic heterocycles. The number of rotatable bonds is 8. The van der Waals surface area contributed by atoms with E-state index in [1.807, 2.05) is 12.3 Å². The number of anilines is 1. The third-order valence-electron chi connectivity index (χ3n) is 5.80. The molecule has 2 aromatic rings. The monoisotopic (exact) mass is 478 g/mol. The topological polar surface area (TPSA) is 96.8 Å². The number of hydrogen-bond donors (Lipinski definition) is 3. The summed E-state index contributed by atoms with van der Waals surface area (Å²) in [7, 11) is 0. The molecule has 0 bridgehead atoms. The van der Waals surface area contributed by atoms with Crippen LogP contribution in [0.3, 0.4) is 0 Å². The van der Waals surface area contributed by atoms with Crippen molar-refractivity contribution in [2.24, 2.45) is 0 Å². The summed E-state index contributed by atoms with van der Waals surface area (Å²) in [4.78, 5) is 21.0. The fourth-order valence-electron chi connectivity index (χ4n) is 4.10. The Kier molecular flexibility index (Phi) is 8.19. The quantitative estimate of drug-likeness (QED) is 0.393. The van der Waals surface area contributed by atoms with Crippen LogP contribution in [0.5, 0.6) is 0 Å². The van der Waals surface area contributed by atoms with E-state index in [9.17, 15) is 8.78 Å². The predicted molar refractivity (Wildman–Crippen MR) is 131 cm³/mol. The van der Waals surface area contributed by atoms with Gasteiger partial charge >= 0.3 is 0 Å². The zero-order valence-corrected chi connectivity index (χ0v) is 20.5. The van der Waals surface area contributed by atoms with Gasteiger partial charge in [0.1, 0.15) is 18.0 Å². The number of H-pyrrole nitrogens is 1. The van der Waals surface area contributed by atoms with E-state index in [1.165, 1.54) is 12.4 Å². The molecule has 11 heteroatoms. The Balaban J connectivity index is 1.81. The zero-order chi connectivity index (χ0) is 24.2. The molecule has 0 amide bonds. The van der Waals surface area contributed by atoms with Crippen molar-refractivity contribution in [1.82, 2.24) is 29.6 Å². The fraction of sp³-hybridized carbons (Fsp3) is 0.545. The van der Waals surface area contributed by atoms with Gasteiger partial charge in [-0.2, -0.15) is 0 Å². The van der Waals surface area contributed by atoms with Crippen molar-refractivity contribution >= 4 is 29.6 Å². The van der Waals surface area contributed by atoms with Crippen LogP contribution >= 0.6 is 11.9 Å². The van der Waals surface area contributed by atoms with Gasteiger partial charge in [-0.3, -0.25) is 15.0 Å². The highest BCUT2D eigenvalue weighted by atomic mass is 32.2. The van der Waals surface area contributed by atoms with E-state index in [0.29, 0.717) is 23.3 Å². The van der Waals surface area contributed by atoms with Crippen LogP contribution in [0.4, 0.5) is 14.6 Å². The fourth-order valence-corrected chi connectivity index (χ4v) is 4.44. The van der Waals surface area contributed by atoms with Gasteiger partial charge in [0.05, 0.1) is 23.3 Å². The average Bonchev–Trinajstić information content (AvgIpc) is 3.25. The van der Waals surface area contributed by atoms with E-state index >= 15 is 0 Å². The van der Waals surface area contributed by atoms with Crippen LogP contribution < -0.4 is 9.62 Å². The number of halogens is 2. The largest absolute Gasteiger partial charge is 0.351 e. The lowest BCUT2D eigenvalue weighted by Crippen LogP contribution is -2.65. The second-order valence-electron chi connectivity index (χ2n) is 8.95. The number of aromatic nitrogens is 4. The summed E-state index contributed by atoms with van der Waals surface area (Å²) in [6, 6.07) is 2.45. The Hall–Kier alpha value is -2.37. The number of allylic oxidation sites excluding steroid dienone is 1. The van der Waals surface area contributed by atoms with E-state index in [1.54, 1.807) is 18.1 Å². The first-order valence-corrected chi connectivity index (χ1v) is 12.1. The van der Waals surface area contributed by atoms with E-state index < -0.39 is 12.1 Å². The molecular weight excluding hydrogens is 446 g/mol. The van der Waals surface area contributed by atoms with Crippen LogP contribution in [-0.2, 0) is 0 Å². The Labute approximate surface area is 197 Å². The predicted octanol–water partition coefficient (Wildman–Crippen LogP) is 3.71. The number of nitrogens with zero attached hydrogens (tertiary/aromatic N) is 5. The molecule has 0 spiro atoms. The molecule has 3 heterocycles. The number of nitrogens with one attached hydrogen (secondary N) is 3. The molecule has 0 aliphatic carbocycles. The number of piperazine rings is 1. The summed E-state index contributed by atoms with van der Waals surface area (Å²) >= 11 is 1.62. The smallest absolute Gasteiger partial charge is 0.279 e. The minimum Gasteiger partial charge on any atom is -0.351 e. The SMILES string of the molecule is CSNCC1C(C)N(c2cc(-c3cnc(/C=C\C(=N)C(F)F)[nH]3)ncn2)CCN1C(C)(C)C. The lowest BCUT2D eigenvalue weighted by Gasteiger charge is -2.52. The average molecular weight is 479 g/mol. The van der Waals surface area contributed by atoms with Gasteiger partial charge in [-0.1, -0.05) is 11.9 Å². The van der Waals surface area contributed by atoms with Gasteiger partial charge in [0, 0.05) is 43.3 Å². The molecule has 0 aromatic carbocycles. The number of imidazole rings is 1. The van der Waals surface area contributed by atoms with Crippen molar-refractivity contribution in [3.05, 3.63) is 30.5 Å². The Morgan fingerprint density at radius 2 is 2.09 bits per heavy atom. The first kappa shape index (κ1) is 25.3. The standard InChI is InChI=1S/C22H32F2N8S/c1-14-18(12-29-33-5)32(22(2,3)4)9-8-31(14)20-10-16(27-13-28-20)17-11-26-19(30-17)7-6-15(25)21(23)24/h6-7,10-11,13-14,18,21,25,29H,8-9,12H2,1-5H3,(H,26,30)/b7-6-,25-15?. The van der Waals surface area contributed by atoms with Crippen LogP contribution in [0.15, 0.2) is 24.7 Å². The van der Waals surface area contributed by atoms with Crippen molar-refractivity contribution in [2.75, 3.05) is 30.8 Å². The van der Waals surface area contributed by atoms with Crippen LogP contribution in [-0.4, -0.2) is 80.5 Å². The number of hydrogen-bond acceptors (Lipinski definition) is 8. The second-order valence-corrected chi connectivity index (χ2v) is 9.65. The van der Waals surface area contributed by atoms with Crippen LogP contribution in [0.25, 0.3) is 17.5 Å². The van der Waals surface area contributed by atoms with Crippen LogP contribution in [0.1, 0.15) is 33.5 Å². The maximum absolute atomic E-state index is 12.5. The maximum Gasteiger partial charge on any atom is 0.279 e. The molecule has 3 rings (SSSR count). The highest BCUT2D eigenvalue weighted by molar-refractivity contribution is 7.96. The molecule has 1 saturated heterocycles. The van der Waals surface area contributed by atoms with Crippen molar-refractivity contribution < 1.29 is 8.78 Å². The molecule has 0 radical (unpaired) electrons. The Bertz CT molecular complexity index is 971. The first-order valence-electron chi connectivity index (χ1n) is 10.8. The van der Waals surface area contributed by atoms with Crippen molar-refractivity contribution in [1.29, 1.82) is 5.41 Å². The number of alkyl halides is 2. The molecule has 2 atom stereocenters. The van der Waals surface area contributed by atoms with E-state index in [2.05, 4.69) is 62.2 Å². The molecule has 2 unspecified atom stereocenters. The summed E-state index contributed by atoms with van der Waals surface area (Å²) in [5.41, 5.74) is 0.623. The molecule has 3 N–H and O–H groups in total. The third kappa shape index (κ3) is 6.15. The third-order valence-corrected chi connectivity index (χ3v) is 6.26. The highest BCUT2D eigenvalue weighted by Gasteiger charge is 2.39. The van der Waals surface area contributed by atoms with Crippen molar-refractivity contribution in [3.63, 3.8) is 0 Å². The second kappa shape index (κ2) is 10.7. The van der Waals surface area contributed by atoms with E-state index in [0.717, 1.165) is 31.5 Å². The zero-order valence-electron chi connectivity index (χ0n) is 19.6. The lowest BCUT2D eigenvalue weighted by molar-refractivity contribution is 0.0535. The van der Waals surface area contributed by atoms with E-state index in [4.69, 9.17) is 5.41 Å². The van der Waals surface area contributed by atoms with Gasteiger partial charge < -0.3 is 9.88 Å².